The van der Waals surface area contributed by atoms with Crippen molar-refractivity contribution in [1.29, 1.82) is 5.26 Å². The molecule has 0 aliphatic heterocycles. The molecule has 106 valence electrons. The summed E-state index contributed by atoms with van der Waals surface area (Å²) in [4.78, 5) is 22.2. The molecular weight excluding hydrogens is 277 g/mol. The zero-order chi connectivity index (χ0) is 15.2. The van der Waals surface area contributed by atoms with Crippen molar-refractivity contribution in [3.63, 3.8) is 0 Å². The van der Waals surface area contributed by atoms with Crippen LogP contribution in [0.5, 0.6) is 0 Å². The van der Waals surface area contributed by atoms with Crippen LogP contribution in [0.4, 0.5) is 23.7 Å². The molecule has 0 atom stereocenters. The molecule has 0 heterocycles. The average molecular weight is 286 g/mol. The number of amides is 3. The van der Waals surface area contributed by atoms with Gasteiger partial charge in [0.15, 0.2) is 0 Å². The van der Waals surface area contributed by atoms with E-state index < -0.39 is 35.8 Å². The second-order valence-corrected chi connectivity index (χ2v) is 3.51. The van der Waals surface area contributed by atoms with Crippen molar-refractivity contribution >= 4 is 17.6 Å². The Morgan fingerprint density at radius 2 is 1.85 bits per heavy atom. The minimum absolute atomic E-state index is 0.452. The van der Waals surface area contributed by atoms with Gasteiger partial charge in [0.2, 0.25) is 0 Å². The first-order chi connectivity index (χ1) is 9.34. The monoisotopic (exact) mass is 286 g/mol. The summed E-state index contributed by atoms with van der Waals surface area (Å²) in [6, 6.07) is 4.85. The Morgan fingerprint density at radius 3 is 2.45 bits per heavy atom. The minimum Gasteiger partial charge on any atom is -0.306 e. The molecule has 0 aromatic heterocycles. The van der Waals surface area contributed by atoms with Crippen LogP contribution in [-0.4, -0.2) is 11.9 Å². The number of para-hydroxylation sites is 1. The number of halogens is 3. The third-order valence-corrected chi connectivity index (χ3v) is 2.04. The van der Waals surface area contributed by atoms with E-state index in [1.54, 1.807) is 0 Å². The molecule has 0 spiro atoms. The first kappa shape index (κ1) is 15.3. The van der Waals surface area contributed by atoms with Gasteiger partial charge in [0.05, 0.1) is 17.3 Å². The van der Waals surface area contributed by atoms with E-state index >= 15 is 0 Å². The van der Waals surface area contributed by atoms with E-state index in [9.17, 15) is 22.8 Å². The summed E-state index contributed by atoms with van der Waals surface area (Å²) in [5, 5.41) is 10.1. The second kappa shape index (κ2) is 6.42. The van der Waals surface area contributed by atoms with E-state index in [-0.39, 0.29) is 0 Å². The molecule has 0 unspecified atom stereocenters. The van der Waals surface area contributed by atoms with Gasteiger partial charge in [0.25, 0.3) is 5.91 Å². The van der Waals surface area contributed by atoms with Gasteiger partial charge in [0, 0.05) is 0 Å². The lowest BCUT2D eigenvalue weighted by Gasteiger charge is -2.14. The lowest BCUT2D eigenvalue weighted by atomic mass is 10.1. The number of carbonyl (C=O) groups excluding carboxylic acids is 2. The highest BCUT2D eigenvalue weighted by Crippen LogP contribution is 2.34. The van der Waals surface area contributed by atoms with E-state index in [2.05, 4.69) is 0 Å². The van der Waals surface area contributed by atoms with Gasteiger partial charge in [-0.3, -0.25) is 10.2 Å². The molecule has 1 rings (SSSR count). The summed E-state index contributed by atoms with van der Waals surface area (Å²) >= 11 is 0. The van der Waals surface area contributed by atoms with Crippen molar-refractivity contribution in [3.8, 4) is 6.07 Å². The molecular formula is C11H9F3N4O2. The number of nitrogens with zero attached hydrogens (tertiary/aromatic N) is 1. The van der Waals surface area contributed by atoms with Gasteiger partial charge in [-0.25, -0.2) is 10.2 Å². The summed E-state index contributed by atoms with van der Waals surface area (Å²) in [5.41, 5.74) is 2.22. The number of hydrogen-bond acceptors (Lipinski definition) is 3. The number of carbonyl (C=O) groups is 2. The van der Waals surface area contributed by atoms with Crippen LogP contribution in [0.3, 0.4) is 0 Å². The van der Waals surface area contributed by atoms with Crippen molar-refractivity contribution in [1.82, 2.24) is 10.9 Å². The van der Waals surface area contributed by atoms with Crippen molar-refractivity contribution in [3.05, 3.63) is 29.8 Å². The van der Waals surface area contributed by atoms with Gasteiger partial charge in [-0.05, 0) is 12.1 Å². The number of urea groups is 1. The molecule has 3 N–H and O–H groups in total. The highest BCUT2D eigenvalue weighted by atomic mass is 19.4. The van der Waals surface area contributed by atoms with Gasteiger partial charge >= 0.3 is 12.2 Å². The molecule has 6 nitrogen and oxygen atoms in total. The Kier molecular flexibility index (Phi) is 4.91. The highest BCUT2D eigenvalue weighted by molar-refractivity contribution is 5.91. The van der Waals surface area contributed by atoms with Crippen molar-refractivity contribution in [2.45, 2.75) is 12.6 Å². The van der Waals surface area contributed by atoms with E-state index in [4.69, 9.17) is 5.26 Å². The fourth-order valence-electron chi connectivity index (χ4n) is 1.24. The van der Waals surface area contributed by atoms with Crippen LogP contribution in [0, 0.1) is 11.3 Å². The van der Waals surface area contributed by atoms with Crippen molar-refractivity contribution in [2.75, 3.05) is 5.32 Å². The first-order valence-electron chi connectivity index (χ1n) is 5.23. The topological polar surface area (TPSA) is 94.0 Å². The number of hydrazine groups is 1. The van der Waals surface area contributed by atoms with E-state index in [0.29, 0.717) is 0 Å². The van der Waals surface area contributed by atoms with Crippen molar-refractivity contribution in [2.24, 2.45) is 0 Å². The third kappa shape index (κ3) is 4.49. The number of anilines is 1. The van der Waals surface area contributed by atoms with Gasteiger partial charge in [0.1, 0.15) is 6.42 Å². The summed E-state index contributed by atoms with van der Waals surface area (Å²) in [6.07, 6.45) is -5.10. The quantitative estimate of drug-likeness (QED) is 0.723. The zero-order valence-electron chi connectivity index (χ0n) is 9.91. The molecule has 0 saturated heterocycles. The van der Waals surface area contributed by atoms with Crippen LogP contribution >= 0.6 is 0 Å². The SMILES string of the molecule is N#CCC(=O)NNC(=O)Nc1ccccc1C(F)(F)F. The molecule has 1 aromatic rings. The maximum Gasteiger partial charge on any atom is 0.418 e. The first-order valence-corrected chi connectivity index (χ1v) is 5.23. The maximum atomic E-state index is 12.6. The smallest absolute Gasteiger partial charge is 0.306 e. The lowest BCUT2D eigenvalue weighted by Crippen LogP contribution is -2.43. The van der Waals surface area contributed by atoms with E-state index in [1.165, 1.54) is 18.2 Å². The summed E-state index contributed by atoms with van der Waals surface area (Å²) in [6.45, 7) is 0. The van der Waals surface area contributed by atoms with Gasteiger partial charge in [-0.1, -0.05) is 12.1 Å². The Bertz CT molecular complexity index is 551. The molecule has 0 aliphatic carbocycles. The molecule has 0 radical (unpaired) electrons. The molecule has 20 heavy (non-hydrogen) atoms. The van der Waals surface area contributed by atoms with E-state index in [1.807, 2.05) is 16.2 Å². The average Bonchev–Trinajstić information content (AvgIpc) is 2.36. The molecule has 0 saturated carbocycles. The predicted molar refractivity (Wildman–Crippen MR) is 62.0 cm³/mol. The Balaban J connectivity index is 2.68. The molecule has 0 fully saturated rings. The second-order valence-electron chi connectivity index (χ2n) is 3.51. The summed E-state index contributed by atoms with van der Waals surface area (Å²) < 4.78 is 37.9. The maximum absolute atomic E-state index is 12.6. The number of nitrogens with one attached hydrogen (secondary N) is 3. The van der Waals surface area contributed by atoms with Gasteiger partial charge in [-0.2, -0.15) is 18.4 Å². The van der Waals surface area contributed by atoms with Gasteiger partial charge < -0.3 is 5.32 Å². The molecule has 0 bridgehead atoms. The molecule has 3 amide bonds. The fraction of sp³-hybridized carbons (Fsp3) is 0.182. The predicted octanol–water partition coefficient (Wildman–Crippen LogP) is 1.77. The number of benzene rings is 1. The zero-order valence-corrected chi connectivity index (χ0v) is 9.91. The molecule has 9 heteroatoms. The largest absolute Gasteiger partial charge is 0.418 e. The highest BCUT2D eigenvalue weighted by Gasteiger charge is 2.33. The lowest BCUT2D eigenvalue weighted by molar-refractivity contribution is -0.137. The Hall–Kier alpha value is -2.76. The van der Waals surface area contributed by atoms with Crippen LogP contribution in [0.15, 0.2) is 24.3 Å². The summed E-state index contributed by atoms with van der Waals surface area (Å²) in [7, 11) is 0. The number of nitriles is 1. The van der Waals surface area contributed by atoms with Crippen LogP contribution in [0.1, 0.15) is 12.0 Å². The molecule has 1 aromatic carbocycles. The molecule has 0 aliphatic rings. The Morgan fingerprint density at radius 1 is 1.20 bits per heavy atom. The Labute approximate surface area is 111 Å². The van der Waals surface area contributed by atoms with E-state index in [0.717, 1.165) is 12.1 Å². The standard InChI is InChI=1S/C11H9F3N4O2/c12-11(13,14)7-3-1-2-4-8(7)16-10(20)18-17-9(19)5-6-15/h1-4H,5H2,(H,17,19)(H2,16,18,20). The van der Waals surface area contributed by atoms with Crippen LogP contribution < -0.4 is 16.2 Å². The third-order valence-electron chi connectivity index (χ3n) is 2.04. The summed E-state index contributed by atoms with van der Waals surface area (Å²) in [5.74, 6) is -0.785. The van der Waals surface area contributed by atoms with Crippen LogP contribution in [-0.2, 0) is 11.0 Å². The van der Waals surface area contributed by atoms with Crippen molar-refractivity contribution < 1.29 is 22.8 Å². The van der Waals surface area contributed by atoms with Crippen LogP contribution in [0.2, 0.25) is 0 Å². The van der Waals surface area contributed by atoms with Gasteiger partial charge in [-0.15, -0.1) is 0 Å². The minimum atomic E-state index is -4.62. The van der Waals surface area contributed by atoms with Crippen LogP contribution in [0.25, 0.3) is 0 Å². The number of alkyl halides is 3. The number of rotatable bonds is 2. The normalized spacial score (nSPS) is 10.3. The fourth-order valence-corrected chi connectivity index (χ4v) is 1.24. The number of hydrogen-bond donors (Lipinski definition) is 3.